The van der Waals surface area contributed by atoms with Crippen LogP contribution in [0.15, 0.2) is 124 Å². The molecule has 0 saturated heterocycles. The average molecular weight is 884 g/mol. The van der Waals surface area contributed by atoms with Crippen LogP contribution in [0.5, 0.6) is 11.5 Å². The van der Waals surface area contributed by atoms with E-state index in [0.717, 1.165) is 53.7 Å². The van der Waals surface area contributed by atoms with Gasteiger partial charge in [0, 0.05) is 59.9 Å². The number of thioether (sulfide) groups is 1. The Morgan fingerprint density at radius 3 is 2.55 bits per heavy atom. The number of pyridine rings is 1. The Morgan fingerprint density at radius 2 is 1.79 bits per heavy atom. The van der Waals surface area contributed by atoms with Crippen LogP contribution in [0.2, 0.25) is 0 Å². The number of nitrogens with zero attached hydrogens (tertiary/aromatic N) is 3. The number of benzene rings is 3. The van der Waals surface area contributed by atoms with E-state index in [4.69, 9.17) is 24.2 Å². The normalized spacial score (nSPS) is 23.7. The molecule has 7 rings (SSSR count). The number of aliphatic hydroxyl groups is 2. The quantitative estimate of drug-likeness (QED) is 0.0321. The number of unbranched alkanes of at least 4 members (excludes halogenated alkanes) is 2. The number of aromatic nitrogens is 1. The summed E-state index contributed by atoms with van der Waals surface area (Å²) in [7, 11) is -4.25. The summed E-state index contributed by atoms with van der Waals surface area (Å²) in [4.78, 5) is 11.7. The van der Waals surface area contributed by atoms with Crippen molar-refractivity contribution in [3.05, 3.63) is 115 Å². The molecule has 0 bridgehead atoms. The lowest BCUT2D eigenvalue weighted by Crippen LogP contribution is -2.70. The van der Waals surface area contributed by atoms with Crippen molar-refractivity contribution in [2.75, 3.05) is 45.3 Å². The van der Waals surface area contributed by atoms with Gasteiger partial charge in [-0.3, -0.25) is 4.98 Å². The average Bonchev–Trinajstić information content (AvgIpc) is 3.29. The topological polar surface area (TPSA) is 140 Å². The molecule has 11 nitrogen and oxygen atoms in total. The molecule has 1 saturated carbocycles. The number of aliphatic hydroxyl groups excluding tert-OH is 2. The van der Waals surface area contributed by atoms with E-state index in [2.05, 4.69) is 35.8 Å². The number of ether oxygens (including phenoxy) is 3. The molecule has 1 aliphatic heterocycles. The number of oxime groups is 1. The minimum absolute atomic E-state index is 0.0397. The molecule has 6 atom stereocenters. The number of allylic oxidation sites excluding steroid dienone is 1. The summed E-state index contributed by atoms with van der Waals surface area (Å²) in [5, 5.41) is 25.4. The maximum atomic E-state index is 15.4. The van der Waals surface area contributed by atoms with Crippen LogP contribution in [0, 0.1) is 17.8 Å². The van der Waals surface area contributed by atoms with E-state index in [1.807, 2.05) is 56.3 Å². The zero-order valence-electron chi connectivity index (χ0n) is 35.9. The molecular weight excluding hydrogens is 823 g/mol. The molecule has 2 aliphatic carbocycles. The van der Waals surface area contributed by atoms with E-state index in [0.29, 0.717) is 49.5 Å². The van der Waals surface area contributed by atoms with Crippen LogP contribution in [-0.4, -0.2) is 90.8 Å². The Hall–Kier alpha value is -4.24. The predicted octanol–water partition coefficient (Wildman–Crippen LogP) is 9.16. The van der Waals surface area contributed by atoms with Crippen molar-refractivity contribution < 1.29 is 37.7 Å². The second-order valence-corrected chi connectivity index (χ2v) is 19.2. The molecule has 1 fully saturated rings. The summed E-state index contributed by atoms with van der Waals surface area (Å²) in [5.74, 6) is -0.0721. The second kappa shape index (κ2) is 21.4. The Bertz CT molecular complexity index is 2280. The summed E-state index contributed by atoms with van der Waals surface area (Å²) in [6.07, 6.45) is 10.9. The number of hydrogen-bond donors (Lipinski definition) is 2. The molecule has 3 aliphatic rings. The van der Waals surface area contributed by atoms with Crippen molar-refractivity contribution in [3.63, 3.8) is 0 Å². The van der Waals surface area contributed by atoms with Gasteiger partial charge in [-0.2, -0.15) is 4.31 Å². The predicted molar refractivity (Wildman–Crippen MR) is 245 cm³/mol. The molecule has 0 spiro atoms. The first kappa shape index (κ1) is 45.8. The lowest BCUT2D eigenvalue weighted by atomic mass is 9.55. The van der Waals surface area contributed by atoms with Crippen molar-refractivity contribution in [2.24, 2.45) is 22.9 Å². The Morgan fingerprint density at radius 1 is 1.00 bits per heavy atom. The Kier molecular flexibility index (Phi) is 15.8. The maximum Gasteiger partial charge on any atom is 0.245 e. The zero-order chi connectivity index (χ0) is 43.5. The minimum Gasteiger partial charge on any atom is -0.493 e. The Labute approximate surface area is 371 Å². The summed E-state index contributed by atoms with van der Waals surface area (Å²) in [6.45, 7) is 9.19. The zero-order valence-corrected chi connectivity index (χ0v) is 37.6. The number of fused-ring (bicyclic) bond motifs is 3. The fourth-order valence-corrected chi connectivity index (χ4v) is 12.4. The Balaban J connectivity index is 1.41. The molecule has 62 heavy (non-hydrogen) atoms. The summed E-state index contributed by atoms with van der Waals surface area (Å²) < 4.78 is 53.4. The van der Waals surface area contributed by atoms with Crippen molar-refractivity contribution in [1.29, 1.82) is 0 Å². The van der Waals surface area contributed by atoms with Crippen molar-refractivity contribution >= 4 is 38.4 Å². The van der Waals surface area contributed by atoms with Crippen molar-refractivity contribution in [1.82, 2.24) is 9.29 Å². The standard InChI is InChI=1S/C49H61N3O8S2/c1-4-26-52(62(55,56)44-22-14-17-35-18-15-25-50-48(35)44)45-34-42(51-59-6-3)40-32-36(16-10-12-27-53)39(21-11-13-28-54)46-41-33-37(57-30-31-61-38-19-8-7-9-20-38)23-24-43(41)60-49(45,47(40)46)58-29-5-2/h5,7-9,14-15,17-20,22-25,32-33,36,39,45-47,53-54H,2,4,6,10-13,16,21,26-31,34H2,1,3H3/t36-,39+,45-,46+,47+,49+/m0/s1. The van der Waals surface area contributed by atoms with Gasteiger partial charge in [-0.25, -0.2) is 8.42 Å². The number of hydrogen-bond acceptors (Lipinski definition) is 11. The molecule has 0 amide bonds. The van der Waals surface area contributed by atoms with Crippen LogP contribution in [-0.2, 0) is 19.6 Å². The van der Waals surface area contributed by atoms with Crippen LogP contribution >= 0.6 is 11.8 Å². The SMILES string of the molecule is C=CCO[C@@]12Oc3ccc(OCCSc4ccccc4)cc3[C@H]3[C@H](CCCCO)[C@@H](CCCCO)C=C(C(=NOCC)C[C@@H]1N(CCC)S(=O)(=O)c1cccc4cccnc14)[C@H]32. The van der Waals surface area contributed by atoms with E-state index in [1.54, 1.807) is 46.5 Å². The highest BCUT2D eigenvalue weighted by atomic mass is 32.2. The van der Waals surface area contributed by atoms with Gasteiger partial charge >= 0.3 is 0 Å². The first-order valence-electron chi connectivity index (χ1n) is 22.2. The van der Waals surface area contributed by atoms with Crippen molar-refractivity contribution in [2.45, 2.75) is 92.8 Å². The van der Waals surface area contributed by atoms with Gasteiger partial charge in [0.15, 0.2) is 0 Å². The molecule has 13 heteroatoms. The molecule has 4 aromatic rings. The molecule has 332 valence electrons. The molecule has 1 aromatic heterocycles. The molecule has 0 radical (unpaired) electrons. The highest BCUT2D eigenvalue weighted by Crippen LogP contribution is 2.62. The highest BCUT2D eigenvalue weighted by Gasteiger charge is 2.66. The third-order valence-electron chi connectivity index (χ3n) is 12.3. The van der Waals surface area contributed by atoms with Gasteiger partial charge in [0.1, 0.15) is 23.0 Å². The summed E-state index contributed by atoms with van der Waals surface area (Å²) in [5.41, 5.74) is 2.95. The van der Waals surface area contributed by atoms with Crippen LogP contribution in [0.3, 0.4) is 0 Å². The van der Waals surface area contributed by atoms with Crippen LogP contribution in [0.4, 0.5) is 0 Å². The monoisotopic (exact) mass is 883 g/mol. The third kappa shape index (κ3) is 9.63. The van der Waals surface area contributed by atoms with E-state index < -0.39 is 27.8 Å². The fraction of sp³-hybridized carbons (Fsp3) is 0.469. The van der Waals surface area contributed by atoms with Gasteiger partial charge in [0.25, 0.3) is 0 Å². The van der Waals surface area contributed by atoms with E-state index in [9.17, 15) is 10.2 Å². The van der Waals surface area contributed by atoms with E-state index in [1.165, 1.54) is 4.90 Å². The molecule has 2 heterocycles. The minimum atomic E-state index is -4.25. The van der Waals surface area contributed by atoms with E-state index in [-0.39, 0.29) is 55.4 Å². The fourth-order valence-electron chi connectivity index (χ4n) is 9.77. The van der Waals surface area contributed by atoms with Gasteiger partial charge in [-0.15, -0.1) is 18.3 Å². The largest absolute Gasteiger partial charge is 0.493 e. The van der Waals surface area contributed by atoms with Gasteiger partial charge < -0.3 is 29.3 Å². The molecule has 2 N–H and O–H groups in total. The number of rotatable bonds is 23. The number of para-hydroxylation sites is 1. The lowest BCUT2D eigenvalue weighted by molar-refractivity contribution is -0.251. The first-order chi connectivity index (χ1) is 30.3. The highest BCUT2D eigenvalue weighted by molar-refractivity contribution is 7.99. The molecule has 0 unspecified atom stereocenters. The van der Waals surface area contributed by atoms with Crippen LogP contribution < -0.4 is 9.47 Å². The number of sulfonamides is 1. The maximum absolute atomic E-state index is 15.4. The third-order valence-corrected chi connectivity index (χ3v) is 15.2. The van der Waals surface area contributed by atoms with Gasteiger partial charge in [0.2, 0.25) is 15.8 Å². The smallest absolute Gasteiger partial charge is 0.245 e. The van der Waals surface area contributed by atoms with E-state index >= 15 is 8.42 Å². The molecule has 3 aromatic carbocycles. The second-order valence-electron chi connectivity index (χ2n) is 16.1. The van der Waals surface area contributed by atoms with Crippen LogP contribution in [0.1, 0.15) is 76.7 Å². The summed E-state index contributed by atoms with van der Waals surface area (Å²) >= 11 is 1.74. The van der Waals surface area contributed by atoms with Gasteiger partial charge in [0.05, 0.1) is 36.4 Å². The van der Waals surface area contributed by atoms with Gasteiger partial charge in [-0.1, -0.05) is 73.5 Å². The van der Waals surface area contributed by atoms with Gasteiger partial charge in [-0.05, 0) is 98.9 Å². The first-order valence-corrected chi connectivity index (χ1v) is 24.6. The molecular formula is C49H61N3O8S2. The van der Waals surface area contributed by atoms with Crippen molar-refractivity contribution in [3.8, 4) is 11.5 Å². The van der Waals surface area contributed by atoms with Crippen LogP contribution in [0.25, 0.3) is 10.9 Å². The summed E-state index contributed by atoms with van der Waals surface area (Å²) in [6, 6.07) is 24.3. The lowest BCUT2D eigenvalue weighted by Gasteiger charge is -2.59.